The monoisotopic (exact) mass is 355 g/mol. The molecule has 1 fully saturated rings. The average Bonchev–Trinajstić information content (AvgIpc) is 3.06. The molecule has 132 valence electrons. The number of nitrogens with one attached hydrogen (secondary N) is 1. The molecule has 1 N–H and O–H groups in total. The van der Waals surface area contributed by atoms with Crippen LogP contribution < -0.4 is 5.32 Å². The first-order valence-electron chi connectivity index (χ1n) is 9.30. The highest BCUT2D eigenvalue weighted by atomic mass is 32.1. The zero-order valence-electron chi connectivity index (χ0n) is 14.8. The number of aromatic nitrogens is 1. The molecule has 1 saturated carbocycles. The van der Waals surface area contributed by atoms with Crippen molar-refractivity contribution in [2.75, 3.05) is 6.54 Å². The molecular weight excluding hydrogens is 330 g/mol. The standard InChI is InChI=1S/C20H25N3OS/c1-14-7-9-15(10-8-14)19-22-17-11-12-23(13-18(17)25-19)20(24)21-16-5-3-2-4-6-16/h7-10,16H,2-6,11-13H2,1H3,(H,21,24). The Morgan fingerprint density at radius 1 is 1.20 bits per heavy atom. The molecule has 4 nitrogen and oxygen atoms in total. The van der Waals surface area contributed by atoms with Crippen molar-refractivity contribution >= 4 is 17.4 Å². The number of urea groups is 1. The van der Waals surface area contributed by atoms with E-state index in [4.69, 9.17) is 4.98 Å². The second-order valence-electron chi connectivity index (χ2n) is 7.21. The third-order valence-corrected chi connectivity index (χ3v) is 6.38. The number of carbonyl (C=O) groups excluding carboxylic acids is 1. The van der Waals surface area contributed by atoms with E-state index in [1.54, 1.807) is 11.3 Å². The molecule has 0 spiro atoms. The zero-order valence-corrected chi connectivity index (χ0v) is 15.6. The molecule has 0 saturated heterocycles. The summed E-state index contributed by atoms with van der Waals surface area (Å²) in [5.41, 5.74) is 3.60. The molecule has 1 aromatic heterocycles. The summed E-state index contributed by atoms with van der Waals surface area (Å²) in [6, 6.07) is 8.98. The maximum Gasteiger partial charge on any atom is 0.317 e. The van der Waals surface area contributed by atoms with Crippen LogP contribution in [-0.2, 0) is 13.0 Å². The quantitative estimate of drug-likeness (QED) is 0.861. The number of thiazole rings is 1. The van der Waals surface area contributed by atoms with Crippen molar-refractivity contribution in [3.8, 4) is 10.6 Å². The number of carbonyl (C=O) groups is 1. The van der Waals surface area contributed by atoms with Gasteiger partial charge in [0, 0.05) is 29.4 Å². The first-order chi connectivity index (χ1) is 12.2. The number of fused-ring (bicyclic) bond motifs is 1. The van der Waals surface area contributed by atoms with E-state index >= 15 is 0 Å². The van der Waals surface area contributed by atoms with Gasteiger partial charge in [0.25, 0.3) is 0 Å². The summed E-state index contributed by atoms with van der Waals surface area (Å²) in [6.07, 6.45) is 6.90. The maximum absolute atomic E-state index is 12.6. The minimum atomic E-state index is 0.0998. The minimum Gasteiger partial charge on any atom is -0.335 e. The predicted octanol–water partition coefficient (Wildman–Crippen LogP) is 4.52. The van der Waals surface area contributed by atoms with Crippen molar-refractivity contribution < 1.29 is 4.79 Å². The summed E-state index contributed by atoms with van der Waals surface area (Å²) >= 11 is 1.73. The molecule has 25 heavy (non-hydrogen) atoms. The van der Waals surface area contributed by atoms with Crippen LogP contribution in [0.5, 0.6) is 0 Å². The second-order valence-corrected chi connectivity index (χ2v) is 8.29. The van der Waals surface area contributed by atoms with Gasteiger partial charge in [-0.05, 0) is 19.8 Å². The third-order valence-electron chi connectivity index (χ3n) is 5.25. The minimum absolute atomic E-state index is 0.0998. The third kappa shape index (κ3) is 3.71. The fourth-order valence-corrected chi connectivity index (χ4v) is 4.83. The topological polar surface area (TPSA) is 45.2 Å². The Morgan fingerprint density at radius 2 is 1.96 bits per heavy atom. The molecule has 2 heterocycles. The Hall–Kier alpha value is -1.88. The normalized spacial score (nSPS) is 18.0. The first-order valence-corrected chi connectivity index (χ1v) is 10.1. The summed E-state index contributed by atoms with van der Waals surface area (Å²) in [4.78, 5) is 20.6. The van der Waals surface area contributed by atoms with Crippen LogP contribution >= 0.6 is 11.3 Å². The molecule has 1 aliphatic heterocycles. The van der Waals surface area contributed by atoms with Gasteiger partial charge in [-0.25, -0.2) is 9.78 Å². The lowest BCUT2D eigenvalue weighted by Gasteiger charge is -2.30. The van der Waals surface area contributed by atoms with Crippen LogP contribution in [0.2, 0.25) is 0 Å². The fraction of sp³-hybridized carbons (Fsp3) is 0.500. The van der Waals surface area contributed by atoms with Crippen LogP contribution in [-0.4, -0.2) is 28.5 Å². The van der Waals surface area contributed by atoms with E-state index in [9.17, 15) is 4.79 Å². The first kappa shape index (κ1) is 16.6. The summed E-state index contributed by atoms with van der Waals surface area (Å²) in [5.74, 6) is 0. The Kier molecular flexibility index (Phi) is 4.75. The number of benzene rings is 1. The summed E-state index contributed by atoms with van der Waals surface area (Å²) in [7, 11) is 0. The van der Waals surface area contributed by atoms with E-state index in [2.05, 4.69) is 36.5 Å². The van der Waals surface area contributed by atoms with Gasteiger partial charge in [-0.2, -0.15) is 0 Å². The van der Waals surface area contributed by atoms with E-state index in [1.807, 2.05) is 4.90 Å². The van der Waals surface area contributed by atoms with Gasteiger partial charge in [0.05, 0.1) is 12.2 Å². The molecule has 0 bridgehead atoms. The maximum atomic E-state index is 12.6. The Labute approximate surface area is 153 Å². The SMILES string of the molecule is Cc1ccc(-c2nc3c(s2)CN(C(=O)NC2CCCCC2)CC3)cc1. The van der Waals surface area contributed by atoms with Gasteiger partial charge in [-0.15, -0.1) is 11.3 Å². The summed E-state index contributed by atoms with van der Waals surface area (Å²) in [5, 5.41) is 4.30. The van der Waals surface area contributed by atoms with Gasteiger partial charge in [0.2, 0.25) is 0 Å². The van der Waals surface area contributed by atoms with Gasteiger partial charge in [0.1, 0.15) is 5.01 Å². The number of hydrogen-bond acceptors (Lipinski definition) is 3. The van der Waals surface area contributed by atoms with Crippen molar-refractivity contribution in [1.82, 2.24) is 15.2 Å². The number of amides is 2. The molecular formula is C20H25N3OS. The van der Waals surface area contributed by atoms with Gasteiger partial charge >= 0.3 is 6.03 Å². The van der Waals surface area contributed by atoms with E-state index in [0.29, 0.717) is 12.6 Å². The largest absolute Gasteiger partial charge is 0.335 e. The Bertz CT molecular complexity index is 747. The van der Waals surface area contributed by atoms with Crippen LogP contribution in [0.4, 0.5) is 4.79 Å². The van der Waals surface area contributed by atoms with Gasteiger partial charge in [-0.1, -0.05) is 49.1 Å². The van der Waals surface area contributed by atoms with Gasteiger partial charge < -0.3 is 10.2 Å². The highest BCUT2D eigenvalue weighted by Gasteiger charge is 2.26. The van der Waals surface area contributed by atoms with E-state index in [0.717, 1.165) is 30.8 Å². The molecule has 0 atom stereocenters. The molecule has 4 rings (SSSR count). The highest BCUT2D eigenvalue weighted by Crippen LogP contribution is 2.32. The van der Waals surface area contributed by atoms with Crippen molar-refractivity contribution in [2.45, 2.75) is 58.0 Å². The van der Waals surface area contributed by atoms with Gasteiger partial charge in [0.15, 0.2) is 0 Å². The summed E-state index contributed by atoms with van der Waals surface area (Å²) < 4.78 is 0. The van der Waals surface area contributed by atoms with Crippen LogP contribution in [0.25, 0.3) is 10.6 Å². The summed E-state index contributed by atoms with van der Waals surface area (Å²) in [6.45, 7) is 3.56. The molecule has 1 aromatic carbocycles. The lowest BCUT2D eigenvalue weighted by molar-refractivity contribution is 0.185. The highest BCUT2D eigenvalue weighted by molar-refractivity contribution is 7.15. The van der Waals surface area contributed by atoms with Crippen molar-refractivity contribution in [1.29, 1.82) is 0 Å². The van der Waals surface area contributed by atoms with E-state index < -0.39 is 0 Å². The van der Waals surface area contributed by atoms with Crippen molar-refractivity contribution in [3.05, 3.63) is 40.4 Å². The molecule has 2 amide bonds. The molecule has 1 aliphatic carbocycles. The van der Waals surface area contributed by atoms with E-state index in [-0.39, 0.29) is 6.03 Å². The predicted molar refractivity (Wildman–Crippen MR) is 102 cm³/mol. The van der Waals surface area contributed by atoms with Crippen molar-refractivity contribution in [2.24, 2.45) is 0 Å². The molecule has 0 radical (unpaired) electrons. The molecule has 2 aromatic rings. The smallest absolute Gasteiger partial charge is 0.317 e. The lowest BCUT2D eigenvalue weighted by Crippen LogP contribution is -2.47. The van der Waals surface area contributed by atoms with Crippen LogP contribution in [0.15, 0.2) is 24.3 Å². The second kappa shape index (κ2) is 7.16. The molecule has 2 aliphatic rings. The lowest BCUT2D eigenvalue weighted by atomic mass is 9.96. The van der Waals surface area contributed by atoms with Crippen LogP contribution in [0.1, 0.15) is 48.2 Å². The molecule has 5 heteroatoms. The van der Waals surface area contributed by atoms with Crippen LogP contribution in [0, 0.1) is 6.92 Å². The number of hydrogen-bond donors (Lipinski definition) is 1. The fourth-order valence-electron chi connectivity index (χ4n) is 3.70. The number of aryl methyl sites for hydroxylation is 1. The average molecular weight is 356 g/mol. The Morgan fingerprint density at radius 3 is 2.72 bits per heavy atom. The molecule has 0 unspecified atom stereocenters. The van der Waals surface area contributed by atoms with Gasteiger partial charge in [-0.3, -0.25) is 0 Å². The number of nitrogens with zero attached hydrogens (tertiary/aromatic N) is 2. The Balaban J connectivity index is 1.44. The number of rotatable bonds is 2. The zero-order chi connectivity index (χ0) is 17.2. The van der Waals surface area contributed by atoms with Crippen molar-refractivity contribution in [3.63, 3.8) is 0 Å². The van der Waals surface area contributed by atoms with Crippen LogP contribution in [0.3, 0.4) is 0 Å². The van der Waals surface area contributed by atoms with E-state index in [1.165, 1.54) is 41.0 Å².